The van der Waals surface area contributed by atoms with E-state index in [4.69, 9.17) is 4.74 Å². The zero-order valence-corrected chi connectivity index (χ0v) is 37.2. The molecule has 8 unspecified atom stereocenters. The predicted octanol–water partition coefficient (Wildman–Crippen LogP) is 9.89. The molecule has 7 nitrogen and oxygen atoms in total. The van der Waals surface area contributed by atoms with Gasteiger partial charge in [-0.15, -0.1) is 0 Å². The Kier molecular flexibility index (Phi) is 12.0. The lowest BCUT2D eigenvalue weighted by Gasteiger charge is -2.61. The summed E-state index contributed by atoms with van der Waals surface area (Å²) in [6.07, 6.45) is 15.5. The van der Waals surface area contributed by atoms with Crippen LogP contribution in [0.2, 0.25) is 0 Å². The summed E-state index contributed by atoms with van der Waals surface area (Å²) in [4.78, 5) is 63.5. The van der Waals surface area contributed by atoms with Crippen molar-refractivity contribution in [2.75, 3.05) is 13.2 Å². The molecule has 8 saturated carbocycles. The van der Waals surface area contributed by atoms with Crippen LogP contribution in [0.4, 0.5) is 0 Å². The van der Waals surface area contributed by atoms with Crippen molar-refractivity contribution in [3.63, 3.8) is 0 Å². The third-order valence-electron chi connectivity index (χ3n) is 20.3. The number of aliphatic hydroxyl groups is 1. The summed E-state index contributed by atoms with van der Waals surface area (Å²) in [5, 5.41) is 9.79. The molecule has 18 atom stereocenters. The van der Waals surface area contributed by atoms with E-state index in [9.17, 15) is 29.1 Å². The van der Waals surface area contributed by atoms with Gasteiger partial charge in [0.25, 0.3) is 0 Å². The fourth-order valence-corrected chi connectivity index (χ4v) is 17.3. The van der Waals surface area contributed by atoms with Crippen molar-refractivity contribution in [2.45, 2.75) is 165 Å². The van der Waals surface area contributed by atoms with Crippen LogP contribution < -0.4 is 0 Å². The number of carbonyl (C=O) groups is 5. The van der Waals surface area contributed by atoms with E-state index in [0.717, 1.165) is 70.6 Å². The summed E-state index contributed by atoms with van der Waals surface area (Å²) in [5.41, 5.74) is 0.651. The molecule has 0 aliphatic heterocycles. The molecule has 0 aromatic carbocycles. The Labute approximate surface area is 344 Å². The Morgan fingerprint density at radius 3 is 1.40 bits per heavy atom. The van der Waals surface area contributed by atoms with E-state index in [1.165, 1.54) is 13.3 Å². The van der Waals surface area contributed by atoms with Gasteiger partial charge in [-0.25, -0.2) is 0 Å². The molecule has 0 radical (unpaired) electrons. The fraction of sp³-hybridized carbons (Fsp3) is 0.900. The van der Waals surface area contributed by atoms with E-state index in [2.05, 4.69) is 55.4 Å². The number of ether oxygens (including phenoxy) is 1. The topological polar surface area (TPSA) is 115 Å². The SMILES string of the molecule is CC[C@H]1C(=O)C2C(CC[C@@]3(C)C2CC[C@@H]3[C@H](C)CO)[C@@]2(C)CCC(=O)CC12.CC[C@H]1C(=O)C2C(CC[C@@]3(C)C2CC[C@@H]3[C@H](C)COC(C)=O)[C@@]2(C)CCC(=O)CC12. The highest BCUT2D eigenvalue weighted by Crippen LogP contribution is 2.70. The quantitative estimate of drug-likeness (QED) is 0.256. The molecular formula is C50H78O7. The van der Waals surface area contributed by atoms with Crippen LogP contribution in [-0.2, 0) is 28.7 Å². The van der Waals surface area contributed by atoms with Crippen molar-refractivity contribution >= 4 is 29.1 Å². The van der Waals surface area contributed by atoms with E-state index in [0.29, 0.717) is 103 Å². The van der Waals surface area contributed by atoms with Gasteiger partial charge in [-0.3, -0.25) is 24.0 Å². The second-order valence-electron chi connectivity index (χ2n) is 22.4. The second kappa shape index (κ2) is 15.9. The predicted molar refractivity (Wildman–Crippen MR) is 222 cm³/mol. The van der Waals surface area contributed by atoms with Gasteiger partial charge in [-0.05, 0) is 158 Å². The summed E-state index contributed by atoms with van der Waals surface area (Å²) < 4.78 is 5.36. The van der Waals surface area contributed by atoms with Crippen molar-refractivity contribution in [1.29, 1.82) is 0 Å². The van der Waals surface area contributed by atoms with Gasteiger partial charge < -0.3 is 9.84 Å². The van der Waals surface area contributed by atoms with Gasteiger partial charge in [0.1, 0.15) is 23.1 Å². The lowest BCUT2D eigenvalue weighted by atomic mass is 9.42. The molecular weight excluding hydrogens is 713 g/mol. The minimum absolute atomic E-state index is 0.0559. The van der Waals surface area contributed by atoms with Gasteiger partial charge in [0.2, 0.25) is 0 Å². The molecule has 57 heavy (non-hydrogen) atoms. The molecule has 320 valence electrons. The average molecular weight is 791 g/mol. The maximum Gasteiger partial charge on any atom is 0.302 e. The average Bonchev–Trinajstić information content (AvgIpc) is 3.72. The molecule has 0 amide bonds. The van der Waals surface area contributed by atoms with Gasteiger partial charge in [0.05, 0.1) is 6.61 Å². The molecule has 0 bridgehead atoms. The zero-order chi connectivity index (χ0) is 41.4. The number of esters is 1. The standard InChI is InChI=1S/C26H40O4.C24H38O3/c1-6-18-22-13-17(28)9-11-26(22,5)21-10-12-25(4)19(15(2)14-30-16(3)27)7-8-20(25)23(21)24(18)29;1-5-16-20-12-15(26)8-10-24(20,4)19-9-11-23(3)17(14(2)13-25)6-7-18(23)21(19)22(16)27/h15,18-23H,6-14H2,1-5H3;14,16-21,25H,5-13H2,1-4H3/t15-,18-,19-,20?,21?,22?,23?,25-,26-;14-,16-,17-,18?,19?,20?,21?,23-,24-/m11/s1. The maximum atomic E-state index is 13.9. The monoisotopic (exact) mass is 791 g/mol. The maximum absolute atomic E-state index is 13.9. The Morgan fingerprint density at radius 2 is 1.02 bits per heavy atom. The van der Waals surface area contributed by atoms with Crippen LogP contribution >= 0.6 is 0 Å². The normalized spacial score (nSPS) is 48.5. The highest BCUT2D eigenvalue weighted by molar-refractivity contribution is 5.89. The molecule has 0 saturated heterocycles. The van der Waals surface area contributed by atoms with Crippen LogP contribution in [0, 0.1) is 105 Å². The van der Waals surface area contributed by atoms with Crippen molar-refractivity contribution in [3.05, 3.63) is 0 Å². The first-order chi connectivity index (χ1) is 26.9. The van der Waals surface area contributed by atoms with Crippen LogP contribution in [0.15, 0.2) is 0 Å². The van der Waals surface area contributed by atoms with Gasteiger partial charge in [-0.2, -0.15) is 0 Å². The van der Waals surface area contributed by atoms with E-state index in [-0.39, 0.29) is 69.7 Å². The highest BCUT2D eigenvalue weighted by Gasteiger charge is 2.67. The molecule has 8 rings (SSSR count). The molecule has 0 aromatic heterocycles. The van der Waals surface area contributed by atoms with E-state index >= 15 is 0 Å². The Morgan fingerprint density at radius 1 is 0.614 bits per heavy atom. The minimum atomic E-state index is -0.204. The Bertz CT molecular complexity index is 1590. The largest absolute Gasteiger partial charge is 0.466 e. The molecule has 8 aliphatic carbocycles. The third-order valence-corrected chi connectivity index (χ3v) is 20.3. The highest BCUT2D eigenvalue weighted by atomic mass is 16.5. The van der Waals surface area contributed by atoms with Crippen LogP contribution in [0.25, 0.3) is 0 Å². The van der Waals surface area contributed by atoms with Gasteiger partial charge in [-0.1, -0.05) is 55.4 Å². The van der Waals surface area contributed by atoms with Crippen LogP contribution in [0.5, 0.6) is 0 Å². The number of hydrogen-bond acceptors (Lipinski definition) is 7. The number of ketones is 4. The molecule has 1 N–H and O–H groups in total. The van der Waals surface area contributed by atoms with Gasteiger partial charge >= 0.3 is 5.97 Å². The van der Waals surface area contributed by atoms with Gasteiger partial charge in [0, 0.05) is 62.9 Å². The molecule has 8 fully saturated rings. The Hall–Kier alpha value is -1.89. The lowest BCUT2D eigenvalue weighted by Crippen LogP contribution is -2.60. The number of fused-ring (bicyclic) bond motifs is 10. The molecule has 8 aliphatic rings. The zero-order valence-electron chi connectivity index (χ0n) is 37.2. The number of hydrogen-bond donors (Lipinski definition) is 1. The van der Waals surface area contributed by atoms with Crippen molar-refractivity contribution in [1.82, 2.24) is 0 Å². The molecule has 0 heterocycles. The van der Waals surface area contributed by atoms with Crippen molar-refractivity contribution < 1.29 is 33.8 Å². The first kappa shape index (κ1) is 43.2. The Balaban J connectivity index is 0.000000175. The second-order valence-corrected chi connectivity index (χ2v) is 22.4. The minimum Gasteiger partial charge on any atom is -0.466 e. The summed E-state index contributed by atoms with van der Waals surface area (Å²) >= 11 is 0. The third kappa shape index (κ3) is 6.79. The van der Waals surface area contributed by atoms with Crippen molar-refractivity contribution in [2.24, 2.45) is 105 Å². The summed E-state index contributed by atoms with van der Waals surface area (Å²) in [5.74, 6) is 6.05. The summed E-state index contributed by atoms with van der Waals surface area (Å²) in [6.45, 7) is 20.6. The molecule has 0 aromatic rings. The fourth-order valence-electron chi connectivity index (χ4n) is 17.3. The van der Waals surface area contributed by atoms with E-state index < -0.39 is 0 Å². The van der Waals surface area contributed by atoms with Crippen LogP contribution in [0.1, 0.15) is 165 Å². The first-order valence-corrected chi connectivity index (χ1v) is 23.8. The molecule has 7 heteroatoms. The number of Topliss-reactive ketones (excluding diaryl/α,β-unsaturated/α-hetero) is 4. The van der Waals surface area contributed by atoms with Crippen LogP contribution in [0.3, 0.4) is 0 Å². The number of aliphatic hydroxyl groups excluding tert-OH is 1. The summed E-state index contributed by atoms with van der Waals surface area (Å²) in [6, 6.07) is 0. The number of carbonyl (C=O) groups excluding carboxylic acids is 5. The van der Waals surface area contributed by atoms with Crippen LogP contribution in [-0.4, -0.2) is 47.4 Å². The lowest BCUT2D eigenvalue weighted by molar-refractivity contribution is -0.171. The van der Waals surface area contributed by atoms with Crippen molar-refractivity contribution in [3.8, 4) is 0 Å². The number of rotatable bonds is 7. The smallest absolute Gasteiger partial charge is 0.302 e. The molecule has 0 spiro atoms. The first-order valence-electron chi connectivity index (χ1n) is 23.8. The van der Waals surface area contributed by atoms with Gasteiger partial charge in [0.15, 0.2) is 0 Å². The van der Waals surface area contributed by atoms with E-state index in [1.807, 2.05) is 0 Å². The summed E-state index contributed by atoms with van der Waals surface area (Å²) in [7, 11) is 0. The van der Waals surface area contributed by atoms with E-state index in [1.54, 1.807) is 0 Å².